The Labute approximate surface area is 93.7 Å². The fourth-order valence-electron chi connectivity index (χ4n) is 2.49. The van der Waals surface area contributed by atoms with Crippen LogP contribution in [0.4, 0.5) is 0 Å². The van der Waals surface area contributed by atoms with Crippen molar-refractivity contribution in [2.24, 2.45) is 11.8 Å². The molecule has 0 aromatic heterocycles. The molecule has 0 nitrogen and oxygen atoms in total. The summed E-state index contributed by atoms with van der Waals surface area (Å²) in [6, 6.07) is 0. The molecule has 0 spiro atoms. The fourth-order valence-corrected chi connectivity index (χ4v) is 8.63. The first-order chi connectivity index (χ1) is 5.54. The van der Waals surface area contributed by atoms with Crippen molar-refractivity contribution in [3.8, 4) is 0 Å². The van der Waals surface area contributed by atoms with Gasteiger partial charge in [0.1, 0.15) is 3.64 Å². The van der Waals surface area contributed by atoms with Crippen molar-refractivity contribution in [1.82, 2.24) is 0 Å². The maximum atomic E-state index is 5.24. The Bertz CT molecular complexity index is 223. The zero-order valence-electron chi connectivity index (χ0n) is 6.72. The van der Waals surface area contributed by atoms with Crippen LogP contribution in [0.15, 0.2) is 0 Å². The molecule has 0 N–H and O–H groups in total. The number of hydrogen-bond acceptors (Lipinski definition) is 2. The van der Waals surface area contributed by atoms with Crippen LogP contribution in [0.3, 0.4) is 0 Å². The molecule has 2 bridgehead atoms. The maximum absolute atomic E-state index is 5.24. The minimum Gasteiger partial charge on any atom is -0.122 e. The molecule has 2 saturated carbocycles. The van der Waals surface area contributed by atoms with E-state index in [9.17, 15) is 0 Å². The Balaban J connectivity index is 1.95. The summed E-state index contributed by atoms with van der Waals surface area (Å²) in [6.07, 6.45) is 5.73. The first kappa shape index (κ1) is 10.2. The molecule has 0 heterocycles. The zero-order valence-corrected chi connectivity index (χ0v) is 11.0. The molecule has 12 heavy (non-hydrogen) atoms. The van der Waals surface area contributed by atoms with Gasteiger partial charge in [-0.05, 0) is 31.1 Å². The van der Waals surface area contributed by atoms with Crippen LogP contribution in [0.2, 0.25) is 0 Å². The third kappa shape index (κ3) is 2.38. The summed E-state index contributed by atoms with van der Waals surface area (Å²) in [5.41, 5.74) is 0. The second-order valence-electron chi connectivity index (χ2n) is 3.81. The molecule has 5 heteroatoms. The average Bonchev–Trinajstić information content (AvgIpc) is 2.42. The van der Waals surface area contributed by atoms with Crippen molar-refractivity contribution < 1.29 is 0 Å². The lowest BCUT2D eigenvalue weighted by molar-refractivity contribution is 0.493. The first-order valence-corrected chi connectivity index (χ1v) is 10.9. The normalized spacial score (nSPS) is 40.7. The summed E-state index contributed by atoms with van der Waals surface area (Å²) < 4.78 is -1.61. The highest BCUT2D eigenvalue weighted by atomic mass is 33.5. The van der Waals surface area contributed by atoms with Gasteiger partial charge in [-0.1, -0.05) is 18.2 Å². The molecule has 3 unspecified atom stereocenters. The minimum absolute atomic E-state index is 0.796. The predicted octanol–water partition coefficient (Wildman–Crippen LogP) is 3.99. The Kier molecular flexibility index (Phi) is 3.15. The highest BCUT2D eigenvalue weighted by molar-refractivity contribution is 9.17. The standard InChI is InChI=1S/C7H13PS4/c9-8(10,11)12-7-4-5-1-2-6(7)3-5/h5-7H,1-4H2,(H2,9,10,11). The van der Waals surface area contributed by atoms with Crippen LogP contribution in [-0.2, 0) is 11.8 Å². The highest BCUT2D eigenvalue weighted by Crippen LogP contribution is 2.72. The van der Waals surface area contributed by atoms with Crippen molar-refractivity contribution in [3.05, 3.63) is 0 Å². The molecule has 2 aliphatic rings. The molecule has 0 aliphatic heterocycles. The van der Waals surface area contributed by atoms with Gasteiger partial charge in [-0.15, -0.1) is 35.9 Å². The van der Waals surface area contributed by atoms with Crippen LogP contribution >= 0.6 is 39.5 Å². The molecule has 0 saturated heterocycles. The molecule has 0 aromatic carbocycles. The SMILES string of the molecule is S=P(S)(S)SC1CC2CCC1C2. The van der Waals surface area contributed by atoms with Gasteiger partial charge >= 0.3 is 0 Å². The maximum Gasteiger partial charge on any atom is 0.103 e. The molecular weight excluding hydrogens is 243 g/mol. The van der Waals surface area contributed by atoms with Gasteiger partial charge in [0, 0.05) is 5.25 Å². The lowest BCUT2D eigenvalue weighted by Gasteiger charge is -2.23. The van der Waals surface area contributed by atoms with E-state index < -0.39 is 3.64 Å². The van der Waals surface area contributed by atoms with E-state index in [4.69, 9.17) is 11.8 Å². The van der Waals surface area contributed by atoms with Gasteiger partial charge in [0.05, 0.1) is 0 Å². The summed E-state index contributed by atoms with van der Waals surface area (Å²) in [7, 11) is 0. The molecule has 0 amide bonds. The molecular formula is C7H13PS4. The molecule has 0 aromatic rings. The molecule has 70 valence electrons. The van der Waals surface area contributed by atoms with Gasteiger partial charge < -0.3 is 0 Å². The van der Waals surface area contributed by atoms with Crippen molar-refractivity contribution in [2.45, 2.75) is 30.9 Å². The monoisotopic (exact) mass is 256 g/mol. The third-order valence-electron chi connectivity index (χ3n) is 2.95. The second kappa shape index (κ2) is 3.69. The number of rotatable bonds is 2. The molecule has 0 radical (unpaired) electrons. The predicted molar refractivity (Wildman–Crippen MR) is 69.1 cm³/mol. The van der Waals surface area contributed by atoms with E-state index in [1.54, 1.807) is 0 Å². The van der Waals surface area contributed by atoms with Crippen molar-refractivity contribution >= 4 is 51.3 Å². The summed E-state index contributed by atoms with van der Waals surface area (Å²) in [5, 5.41) is 0.796. The van der Waals surface area contributed by atoms with E-state index in [1.165, 1.54) is 25.7 Å². The summed E-state index contributed by atoms with van der Waals surface area (Å²) in [4.78, 5) is 0. The van der Waals surface area contributed by atoms with E-state index in [-0.39, 0.29) is 0 Å². The highest BCUT2D eigenvalue weighted by Gasteiger charge is 2.40. The quantitative estimate of drug-likeness (QED) is 0.566. The van der Waals surface area contributed by atoms with E-state index >= 15 is 0 Å². The van der Waals surface area contributed by atoms with Gasteiger partial charge in [-0.3, -0.25) is 0 Å². The Morgan fingerprint density at radius 1 is 1.25 bits per heavy atom. The lowest BCUT2D eigenvalue weighted by atomic mass is 10.0. The topological polar surface area (TPSA) is 0 Å². The fraction of sp³-hybridized carbons (Fsp3) is 1.00. The van der Waals surface area contributed by atoms with Crippen LogP contribution in [0, 0.1) is 11.8 Å². The van der Waals surface area contributed by atoms with E-state index in [0.29, 0.717) is 0 Å². The van der Waals surface area contributed by atoms with Crippen LogP contribution in [0.25, 0.3) is 0 Å². The third-order valence-corrected chi connectivity index (χ3v) is 8.18. The molecule has 2 fully saturated rings. The average molecular weight is 256 g/mol. The van der Waals surface area contributed by atoms with Crippen molar-refractivity contribution in [2.75, 3.05) is 0 Å². The van der Waals surface area contributed by atoms with Gasteiger partial charge in [-0.2, -0.15) is 0 Å². The molecule has 2 aliphatic carbocycles. The zero-order chi connectivity index (χ0) is 8.77. The number of fused-ring (bicyclic) bond motifs is 2. The van der Waals surface area contributed by atoms with E-state index in [1.807, 2.05) is 11.4 Å². The van der Waals surface area contributed by atoms with Gasteiger partial charge in [0.2, 0.25) is 0 Å². The minimum atomic E-state index is -1.61. The van der Waals surface area contributed by atoms with E-state index in [2.05, 4.69) is 24.5 Å². The van der Waals surface area contributed by atoms with Gasteiger partial charge in [-0.25, -0.2) is 0 Å². The van der Waals surface area contributed by atoms with E-state index in [0.717, 1.165) is 17.1 Å². The Morgan fingerprint density at radius 3 is 2.42 bits per heavy atom. The van der Waals surface area contributed by atoms with Crippen molar-refractivity contribution in [3.63, 3.8) is 0 Å². The van der Waals surface area contributed by atoms with Crippen molar-refractivity contribution in [1.29, 1.82) is 0 Å². The van der Waals surface area contributed by atoms with Crippen LogP contribution in [0.5, 0.6) is 0 Å². The largest absolute Gasteiger partial charge is 0.122 e. The first-order valence-electron chi connectivity index (χ1n) is 4.28. The summed E-state index contributed by atoms with van der Waals surface area (Å²) in [5.74, 6) is 1.96. The number of hydrogen-bond donors (Lipinski definition) is 2. The number of thiol groups is 2. The smallest absolute Gasteiger partial charge is 0.103 e. The van der Waals surface area contributed by atoms with Crippen LogP contribution < -0.4 is 0 Å². The lowest BCUT2D eigenvalue weighted by Crippen LogP contribution is -2.11. The van der Waals surface area contributed by atoms with Crippen LogP contribution in [0.1, 0.15) is 25.7 Å². The molecule has 2 rings (SSSR count). The summed E-state index contributed by atoms with van der Waals surface area (Å²) >= 11 is 15.9. The Hall–Kier alpha value is 1.70. The van der Waals surface area contributed by atoms with Gasteiger partial charge in [0.15, 0.2) is 0 Å². The summed E-state index contributed by atoms with van der Waals surface area (Å²) in [6.45, 7) is 0. The second-order valence-corrected chi connectivity index (χ2v) is 18.0. The molecule has 3 atom stereocenters. The Morgan fingerprint density at radius 2 is 2.00 bits per heavy atom. The van der Waals surface area contributed by atoms with Crippen LogP contribution in [-0.4, -0.2) is 5.25 Å². The van der Waals surface area contributed by atoms with Gasteiger partial charge in [0.25, 0.3) is 0 Å².